The Morgan fingerprint density at radius 2 is 1.95 bits per heavy atom. The van der Waals surface area contributed by atoms with Crippen LogP contribution in [0.1, 0.15) is 58.3 Å². The second-order valence-corrected chi connectivity index (χ2v) is 7.41. The van der Waals surface area contributed by atoms with Crippen LogP contribution in [0.5, 0.6) is 0 Å². The van der Waals surface area contributed by atoms with Gasteiger partial charge in [-0.15, -0.1) is 0 Å². The Morgan fingerprint density at radius 1 is 1.24 bits per heavy atom. The van der Waals surface area contributed by atoms with Crippen LogP contribution in [0.3, 0.4) is 0 Å². The van der Waals surface area contributed by atoms with E-state index in [-0.39, 0.29) is 17.3 Å². The Kier molecular flexibility index (Phi) is 4.12. The van der Waals surface area contributed by atoms with Gasteiger partial charge >= 0.3 is 0 Å². The van der Waals surface area contributed by atoms with Gasteiger partial charge in [-0.3, -0.25) is 4.79 Å². The highest BCUT2D eigenvalue weighted by molar-refractivity contribution is 5.91. The Labute approximate surface area is 127 Å². The molecule has 0 heterocycles. The van der Waals surface area contributed by atoms with Crippen molar-refractivity contribution in [3.8, 4) is 11.8 Å². The zero-order valence-corrected chi connectivity index (χ0v) is 12.8. The van der Waals surface area contributed by atoms with E-state index in [1.165, 1.54) is 19.3 Å². The molecule has 21 heavy (non-hydrogen) atoms. The van der Waals surface area contributed by atoms with Crippen LogP contribution in [0.4, 0.5) is 0 Å². The minimum absolute atomic E-state index is 0.139. The van der Waals surface area contributed by atoms with Gasteiger partial charge in [-0.25, -0.2) is 0 Å². The molecular formula is C18H26O3. The topological polar surface area (TPSA) is 57.5 Å². The summed E-state index contributed by atoms with van der Waals surface area (Å²) >= 11 is 0. The number of aliphatic hydroxyl groups excluding tert-OH is 2. The smallest absolute Gasteiger partial charge is 0.139 e. The molecule has 3 aliphatic rings. The Hall–Kier alpha value is -0.850. The van der Waals surface area contributed by atoms with E-state index in [2.05, 4.69) is 11.8 Å². The van der Waals surface area contributed by atoms with E-state index < -0.39 is 12.2 Å². The molecule has 0 aromatic heterocycles. The molecule has 0 bridgehead atoms. The summed E-state index contributed by atoms with van der Waals surface area (Å²) < 4.78 is 0. The normalized spacial score (nSPS) is 41.5. The Balaban J connectivity index is 1.68. The van der Waals surface area contributed by atoms with E-state index in [0.717, 1.165) is 19.3 Å². The minimum atomic E-state index is -0.568. The maximum atomic E-state index is 11.8. The van der Waals surface area contributed by atoms with Gasteiger partial charge in [0.15, 0.2) is 0 Å². The standard InChI is InChI=1S/C18H26O3/c1-18-10-9-16(20)13(14(18)11-17(18)21)7-8-15(19)12-5-3-2-4-6-12/h12-16,19-20H,2-6,9-11H2,1H3/t13-,14-,15-,16-,18+/m1/s1. The maximum Gasteiger partial charge on any atom is 0.139 e. The number of hydrogen-bond donors (Lipinski definition) is 2. The van der Waals surface area contributed by atoms with Crippen molar-refractivity contribution in [2.45, 2.75) is 70.5 Å². The molecule has 0 saturated heterocycles. The largest absolute Gasteiger partial charge is 0.392 e. The minimum Gasteiger partial charge on any atom is -0.392 e. The van der Waals surface area contributed by atoms with Crippen LogP contribution in [0, 0.1) is 35.0 Å². The van der Waals surface area contributed by atoms with Crippen LogP contribution < -0.4 is 0 Å². The van der Waals surface area contributed by atoms with Crippen LogP contribution in [-0.4, -0.2) is 28.2 Å². The zero-order chi connectivity index (χ0) is 15.0. The van der Waals surface area contributed by atoms with Crippen molar-refractivity contribution in [1.29, 1.82) is 0 Å². The molecular weight excluding hydrogens is 264 g/mol. The van der Waals surface area contributed by atoms with Crippen LogP contribution in [0.15, 0.2) is 0 Å². The number of carbonyl (C=O) groups excluding carboxylic acids is 1. The summed E-state index contributed by atoms with van der Waals surface area (Å²) in [6.45, 7) is 2.02. The van der Waals surface area contributed by atoms with Crippen LogP contribution >= 0.6 is 0 Å². The van der Waals surface area contributed by atoms with Crippen molar-refractivity contribution in [1.82, 2.24) is 0 Å². The van der Waals surface area contributed by atoms with Crippen LogP contribution in [-0.2, 0) is 4.79 Å². The summed E-state index contributed by atoms with van der Waals surface area (Å²) in [6.07, 6.45) is 6.72. The average Bonchev–Trinajstić information content (AvgIpc) is 2.51. The average molecular weight is 290 g/mol. The fourth-order valence-electron chi connectivity index (χ4n) is 4.42. The van der Waals surface area contributed by atoms with Gasteiger partial charge in [0.05, 0.1) is 12.0 Å². The Morgan fingerprint density at radius 3 is 2.62 bits per heavy atom. The van der Waals surface area contributed by atoms with Crippen molar-refractivity contribution in [2.75, 3.05) is 0 Å². The van der Waals surface area contributed by atoms with Gasteiger partial charge in [0.1, 0.15) is 11.9 Å². The lowest BCUT2D eigenvalue weighted by Gasteiger charge is -2.52. The molecule has 3 saturated carbocycles. The predicted octanol–water partition coefficient (Wildman–Crippen LogP) is 2.30. The first-order chi connectivity index (χ1) is 10.0. The van der Waals surface area contributed by atoms with Crippen molar-refractivity contribution in [3.05, 3.63) is 0 Å². The summed E-state index contributed by atoms with van der Waals surface area (Å²) in [7, 11) is 0. The predicted molar refractivity (Wildman–Crippen MR) is 80.3 cm³/mol. The quantitative estimate of drug-likeness (QED) is 0.729. The van der Waals surface area contributed by atoms with Gasteiger partial charge in [-0.1, -0.05) is 38.0 Å². The molecule has 0 aliphatic heterocycles. The molecule has 3 fully saturated rings. The van der Waals surface area contributed by atoms with E-state index in [4.69, 9.17) is 0 Å². The number of carbonyl (C=O) groups is 1. The maximum absolute atomic E-state index is 11.8. The van der Waals surface area contributed by atoms with Crippen LogP contribution in [0.2, 0.25) is 0 Å². The van der Waals surface area contributed by atoms with E-state index in [1.807, 2.05) is 6.92 Å². The number of fused-ring (bicyclic) bond motifs is 1. The van der Waals surface area contributed by atoms with Crippen molar-refractivity contribution in [2.24, 2.45) is 23.2 Å². The summed E-state index contributed by atoms with van der Waals surface area (Å²) in [5.41, 5.74) is -0.269. The first kappa shape index (κ1) is 15.1. The van der Waals surface area contributed by atoms with Crippen LogP contribution in [0.25, 0.3) is 0 Å². The molecule has 5 atom stereocenters. The van der Waals surface area contributed by atoms with E-state index in [9.17, 15) is 15.0 Å². The van der Waals surface area contributed by atoms with Gasteiger partial charge < -0.3 is 10.2 Å². The number of Topliss-reactive ketones (excluding diaryl/α,β-unsaturated/α-hetero) is 1. The number of hydrogen-bond acceptors (Lipinski definition) is 3. The molecule has 0 amide bonds. The molecule has 0 aromatic rings. The van der Waals surface area contributed by atoms with Gasteiger partial charge in [-0.05, 0) is 37.5 Å². The van der Waals surface area contributed by atoms with Crippen molar-refractivity contribution < 1.29 is 15.0 Å². The lowest BCUT2D eigenvalue weighted by atomic mass is 9.50. The SMILES string of the molecule is C[C@]12CC[C@@H](O)[C@H](C#C[C@@H](O)C3CCCCC3)[C@H]1CC2=O. The van der Waals surface area contributed by atoms with Gasteiger partial charge in [0.25, 0.3) is 0 Å². The lowest BCUT2D eigenvalue weighted by molar-refractivity contribution is -0.156. The summed E-state index contributed by atoms with van der Waals surface area (Å²) in [4.78, 5) is 11.8. The number of aliphatic hydroxyl groups is 2. The van der Waals surface area contributed by atoms with E-state index in [0.29, 0.717) is 24.5 Å². The molecule has 3 nitrogen and oxygen atoms in total. The third kappa shape index (κ3) is 2.64. The molecule has 0 unspecified atom stereocenters. The number of rotatable bonds is 1. The van der Waals surface area contributed by atoms with Gasteiger partial charge in [0, 0.05) is 11.8 Å². The molecule has 3 rings (SSSR count). The molecule has 0 spiro atoms. The number of ketones is 1. The fraction of sp³-hybridized carbons (Fsp3) is 0.833. The fourth-order valence-corrected chi connectivity index (χ4v) is 4.42. The molecule has 116 valence electrons. The highest BCUT2D eigenvalue weighted by Crippen LogP contribution is 2.54. The molecule has 0 radical (unpaired) electrons. The monoisotopic (exact) mass is 290 g/mol. The zero-order valence-electron chi connectivity index (χ0n) is 12.8. The van der Waals surface area contributed by atoms with E-state index in [1.54, 1.807) is 0 Å². The van der Waals surface area contributed by atoms with Gasteiger partial charge in [-0.2, -0.15) is 0 Å². The van der Waals surface area contributed by atoms with E-state index >= 15 is 0 Å². The third-order valence-electron chi connectivity index (χ3n) is 6.16. The highest BCUT2D eigenvalue weighted by Gasteiger charge is 2.57. The third-order valence-corrected chi connectivity index (χ3v) is 6.16. The molecule has 2 N–H and O–H groups in total. The second-order valence-electron chi connectivity index (χ2n) is 7.41. The molecule has 3 aliphatic carbocycles. The summed E-state index contributed by atoms with van der Waals surface area (Å²) in [6, 6.07) is 0. The van der Waals surface area contributed by atoms with Crippen molar-refractivity contribution >= 4 is 5.78 Å². The summed E-state index contributed by atoms with van der Waals surface area (Å²) in [5, 5.41) is 20.5. The first-order valence-electron chi connectivity index (χ1n) is 8.43. The first-order valence-corrected chi connectivity index (χ1v) is 8.43. The highest BCUT2D eigenvalue weighted by atomic mass is 16.3. The summed E-state index contributed by atoms with van der Waals surface area (Å²) in [5.74, 6) is 6.80. The van der Waals surface area contributed by atoms with Crippen molar-refractivity contribution in [3.63, 3.8) is 0 Å². The molecule has 3 heteroatoms. The Bertz CT molecular complexity index is 469. The molecule has 0 aromatic carbocycles. The lowest BCUT2D eigenvalue weighted by Crippen LogP contribution is -2.56. The second kappa shape index (κ2) is 5.74. The van der Waals surface area contributed by atoms with Gasteiger partial charge in [0.2, 0.25) is 0 Å².